The van der Waals surface area contributed by atoms with Crippen LogP contribution in [0.25, 0.3) is 10.9 Å². The number of aromatic amines is 1. The highest BCUT2D eigenvalue weighted by molar-refractivity contribution is 5.98. The van der Waals surface area contributed by atoms with Crippen LogP contribution in [0.5, 0.6) is 0 Å². The molecule has 5 nitrogen and oxygen atoms in total. The zero-order valence-corrected chi connectivity index (χ0v) is 9.72. The molecule has 2 rings (SSSR count). The number of fused-ring (bicyclic) bond motifs is 1. The summed E-state index contributed by atoms with van der Waals surface area (Å²) in [6.07, 6.45) is 1.62. The Morgan fingerprint density at radius 2 is 2.06 bits per heavy atom. The number of hydrogen-bond acceptors (Lipinski definition) is 3. The van der Waals surface area contributed by atoms with E-state index in [0.717, 1.165) is 16.5 Å². The lowest BCUT2D eigenvalue weighted by Crippen LogP contribution is -2.33. The number of nitrogens with one attached hydrogen (secondary N) is 1. The fraction of sp³-hybridized carbons (Fsp3) is 0.231. The Kier molecular flexibility index (Phi) is 3.43. The molecular formula is C13H14N2O3. The summed E-state index contributed by atoms with van der Waals surface area (Å²) in [5.74, 6) is -1.60. The number of para-hydroxylation sites is 1. The van der Waals surface area contributed by atoms with Gasteiger partial charge in [0.15, 0.2) is 5.78 Å². The lowest BCUT2D eigenvalue weighted by atomic mass is 10.0. The monoisotopic (exact) mass is 246 g/mol. The molecule has 1 aromatic heterocycles. The van der Waals surface area contributed by atoms with Gasteiger partial charge < -0.3 is 15.8 Å². The summed E-state index contributed by atoms with van der Waals surface area (Å²) in [4.78, 5) is 25.0. The van der Waals surface area contributed by atoms with E-state index >= 15 is 0 Å². The maximum atomic E-state index is 11.5. The highest BCUT2D eigenvalue weighted by atomic mass is 16.4. The van der Waals surface area contributed by atoms with E-state index in [-0.39, 0.29) is 0 Å². The lowest BCUT2D eigenvalue weighted by molar-refractivity contribution is -0.140. The maximum absolute atomic E-state index is 11.5. The zero-order chi connectivity index (χ0) is 13.1. The average Bonchev–Trinajstić information content (AvgIpc) is 2.72. The first-order valence-electron chi connectivity index (χ1n) is 5.63. The fourth-order valence-corrected chi connectivity index (χ4v) is 1.93. The first kappa shape index (κ1) is 12.3. The Morgan fingerprint density at radius 3 is 2.78 bits per heavy atom. The van der Waals surface area contributed by atoms with Gasteiger partial charge in [-0.3, -0.25) is 9.59 Å². The maximum Gasteiger partial charge on any atom is 0.310 e. The van der Waals surface area contributed by atoms with Crippen LogP contribution in [-0.4, -0.2) is 27.9 Å². The molecule has 0 bridgehead atoms. The Balaban J connectivity index is 2.14. The number of carbonyl (C=O) groups excluding carboxylic acids is 1. The third-order valence-corrected chi connectivity index (χ3v) is 2.85. The van der Waals surface area contributed by atoms with E-state index in [1.165, 1.54) is 0 Å². The summed E-state index contributed by atoms with van der Waals surface area (Å²) < 4.78 is 0. The fourth-order valence-electron chi connectivity index (χ4n) is 1.93. The molecule has 0 radical (unpaired) electrons. The van der Waals surface area contributed by atoms with Crippen molar-refractivity contribution in [3.63, 3.8) is 0 Å². The molecule has 1 heterocycles. The molecule has 0 aliphatic rings. The number of Topliss-reactive ketones (excluding diaryl/α,β-unsaturated/α-hetero) is 1. The van der Waals surface area contributed by atoms with Gasteiger partial charge in [0.25, 0.3) is 0 Å². The number of aliphatic carboxylic acids is 1. The number of hydrogen-bond donors (Lipinski definition) is 3. The van der Waals surface area contributed by atoms with Crippen LogP contribution >= 0.6 is 0 Å². The third kappa shape index (κ3) is 2.57. The first-order chi connectivity index (χ1) is 8.58. The second kappa shape index (κ2) is 5.01. The summed E-state index contributed by atoms with van der Waals surface area (Å²) in [5, 5.41) is 9.56. The second-order valence-corrected chi connectivity index (χ2v) is 4.21. The minimum absolute atomic E-state index is 0.343. The highest BCUT2D eigenvalue weighted by Crippen LogP contribution is 2.18. The molecule has 0 unspecified atom stereocenters. The number of aromatic nitrogens is 1. The Hall–Kier alpha value is -2.14. The van der Waals surface area contributed by atoms with E-state index in [1.54, 1.807) is 6.20 Å². The highest BCUT2D eigenvalue weighted by Gasteiger charge is 2.18. The number of nitrogens with two attached hydrogens (primary N) is 1. The van der Waals surface area contributed by atoms with Crippen LogP contribution in [0.3, 0.4) is 0 Å². The van der Waals surface area contributed by atoms with Crippen LogP contribution in [0.2, 0.25) is 0 Å². The number of carboxylic acids is 1. The predicted molar refractivity (Wildman–Crippen MR) is 67.2 cm³/mol. The average molecular weight is 246 g/mol. The zero-order valence-electron chi connectivity index (χ0n) is 9.72. The van der Waals surface area contributed by atoms with Crippen LogP contribution in [0.15, 0.2) is 30.5 Å². The van der Waals surface area contributed by atoms with Gasteiger partial charge in [-0.15, -0.1) is 0 Å². The molecule has 2 aromatic rings. The number of ketones is 1. The summed E-state index contributed by atoms with van der Waals surface area (Å²) in [5.41, 5.74) is 7.63. The van der Waals surface area contributed by atoms with Gasteiger partial charge >= 0.3 is 5.97 Å². The van der Waals surface area contributed by atoms with Gasteiger partial charge in [0.2, 0.25) is 0 Å². The molecule has 0 fully saturated rings. The molecule has 0 spiro atoms. The van der Waals surface area contributed by atoms with E-state index in [1.807, 2.05) is 24.3 Å². The largest absolute Gasteiger partial charge is 0.481 e. The number of carboxylic acid groups (broad SMARTS) is 1. The van der Waals surface area contributed by atoms with E-state index in [0.29, 0.717) is 6.42 Å². The van der Waals surface area contributed by atoms with E-state index in [4.69, 9.17) is 10.8 Å². The van der Waals surface area contributed by atoms with Crippen LogP contribution < -0.4 is 5.73 Å². The van der Waals surface area contributed by atoms with Crippen LogP contribution in [0, 0.1) is 0 Å². The quantitative estimate of drug-likeness (QED) is 0.688. The van der Waals surface area contributed by atoms with Crippen molar-refractivity contribution >= 4 is 22.7 Å². The molecular weight excluding hydrogens is 232 g/mol. The second-order valence-electron chi connectivity index (χ2n) is 4.21. The Morgan fingerprint density at radius 1 is 1.33 bits per heavy atom. The molecule has 0 saturated heterocycles. The van der Waals surface area contributed by atoms with Gasteiger partial charge in [0.1, 0.15) is 6.42 Å². The van der Waals surface area contributed by atoms with Gasteiger partial charge in [0, 0.05) is 17.1 Å². The van der Waals surface area contributed by atoms with Gasteiger partial charge in [-0.05, 0) is 18.1 Å². The van der Waals surface area contributed by atoms with Gasteiger partial charge in [-0.2, -0.15) is 0 Å². The van der Waals surface area contributed by atoms with Crippen LogP contribution in [0.1, 0.15) is 12.0 Å². The smallest absolute Gasteiger partial charge is 0.310 e. The van der Waals surface area contributed by atoms with Gasteiger partial charge in [-0.25, -0.2) is 0 Å². The third-order valence-electron chi connectivity index (χ3n) is 2.85. The summed E-state index contributed by atoms with van der Waals surface area (Å²) >= 11 is 0. The lowest BCUT2D eigenvalue weighted by Gasteiger charge is -2.08. The molecule has 0 aliphatic heterocycles. The van der Waals surface area contributed by atoms with Crippen molar-refractivity contribution in [1.82, 2.24) is 4.98 Å². The van der Waals surface area contributed by atoms with E-state index < -0.39 is 24.2 Å². The molecule has 1 aromatic carbocycles. The van der Waals surface area contributed by atoms with Crippen molar-refractivity contribution in [2.45, 2.75) is 18.9 Å². The minimum atomic E-state index is -1.14. The van der Waals surface area contributed by atoms with E-state index in [9.17, 15) is 9.59 Å². The first-order valence-corrected chi connectivity index (χ1v) is 5.63. The SMILES string of the molecule is N[C@@H](Cc1c[nH]c2ccccc12)C(=O)CC(=O)O. The van der Waals surface area contributed by atoms with Crippen molar-refractivity contribution in [2.24, 2.45) is 5.73 Å². The topological polar surface area (TPSA) is 96.2 Å². The van der Waals surface area contributed by atoms with Crippen molar-refractivity contribution in [1.29, 1.82) is 0 Å². The summed E-state index contributed by atoms with van der Waals surface area (Å²) in [6, 6.07) is 6.92. The van der Waals surface area contributed by atoms with Gasteiger partial charge in [0.05, 0.1) is 6.04 Å². The predicted octanol–water partition coefficient (Wildman–Crippen LogP) is 1.08. The summed E-state index contributed by atoms with van der Waals surface area (Å²) in [6.45, 7) is 0. The number of carbonyl (C=O) groups is 2. The molecule has 0 aliphatic carbocycles. The van der Waals surface area contributed by atoms with Crippen molar-refractivity contribution in [2.75, 3.05) is 0 Å². The molecule has 0 saturated carbocycles. The number of H-pyrrole nitrogens is 1. The number of rotatable bonds is 5. The Labute approximate surface area is 104 Å². The molecule has 4 N–H and O–H groups in total. The summed E-state index contributed by atoms with van der Waals surface area (Å²) in [7, 11) is 0. The van der Waals surface area contributed by atoms with Crippen molar-refractivity contribution in [3.8, 4) is 0 Å². The van der Waals surface area contributed by atoms with Crippen molar-refractivity contribution < 1.29 is 14.7 Å². The Bertz CT molecular complexity index is 589. The normalized spacial score (nSPS) is 12.5. The van der Waals surface area contributed by atoms with Crippen molar-refractivity contribution in [3.05, 3.63) is 36.0 Å². The minimum Gasteiger partial charge on any atom is -0.481 e. The van der Waals surface area contributed by atoms with Gasteiger partial charge in [-0.1, -0.05) is 18.2 Å². The molecule has 5 heteroatoms. The molecule has 0 amide bonds. The van der Waals surface area contributed by atoms with E-state index in [2.05, 4.69) is 4.98 Å². The molecule has 94 valence electrons. The van der Waals surface area contributed by atoms with Crippen LogP contribution in [-0.2, 0) is 16.0 Å². The van der Waals surface area contributed by atoms with Crippen LogP contribution in [0.4, 0.5) is 0 Å². The number of benzene rings is 1. The molecule has 18 heavy (non-hydrogen) atoms. The standard InChI is InChI=1S/C13H14N2O3/c14-10(12(16)6-13(17)18)5-8-7-15-11-4-2-1-3-9(8)11/h1-4,7,10,15H,5-6,14H2,(H,17,18)/t10-/m0/s1. The molecule has 1 atom stereocenters.